The van der Waals surface area contributed by atoms with Crippen LogP contribution >= 0.6 is 35.6 Å². The van der Waals surface area contributed by atoms with Gasteiger partial charge in [0.1, 0.15) is 5.69 Å². The monoisotopic (exact) mass is 422 g/mol. The molecular formula is C19H17Cl3N4O. The van der Waals surface area contributed by atoms with Crippen LogP contribution in [0.2, 0.25) is 10.0 Å². The summed E-state index contributed by atoms with van der Waals surface area (Å²) in [6.45, 7) is 4.47. The van der Waals surface area contributed by atoms with Crippen molar-refractivity contribution >= 4 is 47.2 Å². The van der Waals surface area contributed by atoms with Crippen LogP contribution in [0.5, 0.6) is 0 Å². The van der Waals surface area contributed by atoms with E-state index in [-0.39, 0.29) is 24.4 Å². The first-order chi connectivity index (χ1) is 12.5. The minimum atomic E-state index is -0.108. The second kappa shape index (κ2) is 7.50. The van der Waals surface area contributed by atoms with E-state index >= 15 is 0 Å². The Morgan fingerprint density at radius 1 is 1.15 bits per heavy atom. The second-order valence-corrected chi connectivity index (χ2v) is 7.21. The summed E-state index contributed by atoms with van der Waals surface area (Å²) in [6.07, 6.45) is 3.49. The lowest BCUT2D eigenvalue weighted by Gasteiger charge is -2.32. The number of anilines is 1. The highest BCUT2D eigenvalue weighted by atomic mass is 35.5. The predicted octanol–water partition coefficient (Wildman–Crippen LogP) is 5.20. The summed E-state index contributed by atoms with van der Waals surface area (Å²) >= 11 is 12.2. The standard InChI is InChI=1S/C19H16Cl2N4O.ClH/c1-11-7-13(5-6-22-11)15-9-23-25-12(2)10-24(19(26)18(15)25)14-3-4-16(20)17(21)8-14;/h3-9,12H,10H2,1-2H3;1H/t12-;/m0./s1. The minimum absolute atomic E-state index is 0. The van der Waals surface area contributed by atoms with Gasteiger partial charge in [-0.1, -0.05) is 23.2 Å². The molecule has 0 aliphatic carbocycles. The summed E-state index contributed by atoms with van der Waals surface area (Å²) in [5.74, 6) is -0.108. The molecule has 0 spiro atoms. The number of hydrogen-bond donors (Lipinski definition) is 0. The van der Waals surface area contributed by atoms with Gasteiger partial charge in [0.25, 0.3) is 5.91 Å². The number of amides is 1. The van der Waals surface area contributed by atoms with Crippen molar-refractivity contribution in [2.45, 2.75) is 19.9 Å². The summed E-state index contributed by atoms with van der Waals surface area (Å²) in [5.41, 5.74) is 3.91. The van der Waals surface area contributed by atoms with E-state index in [1.807, 2.05) is 26.0 Å². The fourth-order valence-corrected chi connectivity index (χ4v) is 3.55. The van der Waals surface area contributed by atoms with Gasteiger partial charge in [-0.2, -0.15) is 5.10 Å². The molecule has 1 aliphatic heterocycles. The number of carbonyl (C=O) groups excluding carboxylic acids is 1. The Labute approximate surface area is 173 Å². The molecule has 4 rings (SSSR count). The van der Waals surface area contributed by atoms with Gasteiger partial charge in [0.15, 0.2) is 0 Å². The molecule has 3 heterocycles. The van der Waals surface area contributed by atoms with E-state index in [2.05, 4.69) is 10.1 Å². The van der Waals surface area contributed by atoms with E-state index in [1.165, 1.54) is 0 Å². The Balaban J connectivity index is 0.00000210. The molecule has 5 nitrogen and oxygen atoms in total. The van der Waals surface area contributed by atoms with E-state index < -0.39 is 0 Å². The normalized spacial score (nSPS) is 16.1. The number of carbonyl (C=O) groups is 1. The molecule has 0 saturated carbocycles. The maximum atomic E-state index is 13.3. The van der Waals surface area contributed by atoms with E-state index in [0.717, 1.165) is 22.5 Å². The van der Waals surface area contributed by atoms with Crippen LogP contribution in [0.3, 0.4) is 0 Å². The second-order valence-electron chi connectivity index (χ2n) is 6.40. The maximum Gasteiger partial charge on any atom is 0.277 e. The highest BCUT2D eigenvalue weighted by Crippen LogP contribution is 2.34. The van der Waals surface area contributed by atoms with E-state index in [4.69, 9.17) is 23.2 Å². The fraction of sp³-hybridized carbons (Fsp3) is 0.211. The molecule has 0 N–H and O–H groups in total. The number of hydrogen-bond acceptors (Lipinski definition) is 3. The first-order valence-corrected chi connectivity index (χ1v) is 8.98. The van der Waals surface area contributed by atoms with E-state index in [9.17, 15) is 4.79 Å². The number of rotatable bonds is 2. The highest BCUT2D eigenvalue weighted by Gasteiger charge is 2.33. The first kappa shape index (κ1) is 19.7. The van der Waals surface area contributed by atoms with Crippen LogP contribution in [0.4, 0.5) is 5.69 Å². The Morgan fingerprint density at radius 3 is 2.63 bits per heavy atom. The average molecular weight is 424 g/mol. The Morgan fingerprint density at radius 2 is 1.93 bits per heavy atom. The van der Waals surface area contributed by atoms with Crippen molar-refractivity contribution in [1.29, 1.82) is 0 Å². The van der Waals surface area contributed by atoms with Crippen LogP contribution in [0, 0.1) is 6.92 Å². The lowest BCUT2D eigenvalue weighted by Crippen LogP contribution is -2.42. The molecule has 0 fully saturated rings. The number of aromatic nitrogens is 3. The van der Waals surface area contributed by atoms with Crippen LogP contribution in [0.25, 0.3) is 11.1 Å². The third-order valence-electron chi connectivity index (χ3n) is 4.53. The first-order valence-electron chi connectivity index (χ1n) is 8.23. The fourth-order valence-electron chi connectivity index (χ4n) is 3.26. The zero-order chi connectivity index (χ0) is 18.4. The zero-order valence-corrected chi connectivity index (χ0v) is 17.0. The van der Waals surface area contributed by atoms with Gasteiger partial charge in [0, 0.05) is 29.7 Å². The zero-order valence-electron chi connectivity index (χ0n) is 14.7. The van der Waals surface area contributed by atoms with Crippen LogP contribution in [-0.2, 0) is 0 Å². The molecule has 1 aromatic carbocycles. The maximum absolute atomic E-state index is 13.3. The van der Waals surface area contributed by atoms with E-state index in [1.54, 1.807) is 40.2 Å². The molecule has 0 saturated heterocycles. The predicted molar refractivity (Wildman–Crippen MR) is 110 cm³/mol. The van der Waals surface area contributed by atoms with Gasteiger partial charge in [0.2, 0.25) is 0 Å². The van der Waals surface area contributed by atoms with Gasteiger partial charge in [-0.3, -0.25) is 14.5 Å². The SMILES string of the molecule is Cc1cc(-c2cnn3c2C(=O)N(c2ccc(Cl)c(Cl)c2)C[C@@H]3C)ccn1.Cl. The van der Waals surface area contributed by atoms with Crippen molar-refractivity contribution in [3.63, 3.8) is 0 Å². The van der Waals surface area contributed by atoms with Crippen molar-refractivity contribution in [1.82, 2.24) is 14.8 Å². The van der Waals surface area contributed by atoms with E-state index in [0.29, 0.717) is 22.3 Å². The molecule has 140 valence electrons. The summed E-state index contributed by atoms with van der Waals surface area (Å²) < 4.78 is 1.79. The topological polar surface area (TPSA) is 51.0 Å². The Bertz CT molecular complexity index is 1020. The van der Waals surface area contributed by atoms with Gasteiger partial charge in [-0.25, -0.2) is 0 Å². The molecule has 3 aromatic rings. The smallest absolute Gasteiger partial charge is 0.277 e. The lowest BCUT2D eigenvalue weighted by atomic mass is 10.0. The molecule has 0 radical (unpaired) electrons. The number of aryl methyl sites for hydroxylation is 1. The molecule has 1 amide bonds. The van der Waals surface area contributed by atoms with Crippen LogP contribution in [0.1, 0.15) is 29.1 Å². The summed E-state index contributed by atoms with van der Waals surface area (Å²) in [7, 11) is 0. The molecule has 0 bridgehead atoms. The van der Waals surface area contributed by atoms with Gasteiger partial charge < -0.3 is 4.90 Å². The van der Waals surface area contributed by atoms with Crippen molar-refractivity contribution in [3.05, 3.63) is 64.2 Å². The molecule has 1 aliphatic rings. The number of benzene rings is 1. The third-order valence-corrected chi connectivity index (χ3v) is 5.27. The van der Waals surface area contributed by atoms with Crippen LogP contribution in [0.15, 0.2) is 42.7 Å². The molecule has 8 heteroatoms. The van der Waals surface area contributed by atoms with Crippen molar-refractivity contribution in [3.8, 4) is 11.1 Å². The molecule has 2 aromatic heterocycles. The average Bonchev–Trinajstić information content (AvgIpc) is 3.06. The largest absolute Gasteiger partial charge is 0.305 e. The Kier molecular flexibility index (Phi) is 5.47. The number of pyridine rings is 1. The number of fused-ring (bicyclic) bond motifs is 1. The minimum Gasteiger partial charge on any atom is -0.305 e. The molecule has 1 atom stereocenters. The Hall–Kier alpha value is -2.08. The third kappa shape index (κ3) is 3.43. The number of halogens is 3. The molecule has 27 heavy (non-hydrogen) atoms. The molecular weight excluding hydrogens is 407 g/mol. The molecule has 0 unspecified atom stereocenters. The van der Waals surface area contributed by atoms with Gasteiger partial charge >= 0.3 is 0 Å². The highest BCUT2D eigenvalue weighted by molar-refractivity contribution is 6.42. The lowest BCUT2D eigenvalue weighted by molar-refractivity contribution is 0.0954. The van der Waals surface area contributed by atoms with Gasteiger partial charge in [-0.15, -0.1) is 12.4 Å². The summed E-state index contributed by atoms with van der Waals surface area (Å²) in [5, 5.41) is 5.34. The summed E-state index contributed by atoms with van der Waals surface area (Å²) in [4.78, 5) is 19.2. The van der Waals surface area contributed by atoms with Crippen molar-refractivity contribution in [2.75, 3.05) is 11.4 Å². The quantitative estimate of drug-likeness (QED) is 0.569. The number of nitrogens with zero attached hydrogens (tertiary/aromatic N) is 4. The van der Waals surface area contributed by atoms with Crippen molar-refractivity contribution < 1.29 is 4.79 Å². The summed E-state index contributed by atoms with van der Waals surface area (Å²) in [6, 6.07) is 9.11. The van der Waals surface area contributed by atoms with Gasteiger partial charge in [-0.05, 0) is 49.7 Å². The van der Waals surface area contributed by atoms with Gasteiger partial charge in [0.05, 0.1) is 22.3 Å². The van der Waals surface area contributed by atoms with Crippen LogP contribution in [-0.4, -0.2) is 27.2 Å². The van der Waals surface area contributed by atoms with Crippen molar-refractivity contribution in [2.24, 2.45) is 0 Å². The van der Waals surface area contributed by atoms with Crippen LogP contribution < -0.4 is 4.90 Å².